The van der Waals surface area contributed by atoms with E-state index in [1.165, 1.54) is 29.2 Å². The maximum absolute atomic E-state index is 13.1. The Kier molecular flexibility index (Phi) is 10.9. The first-order valence-corrected chi connectivity index (χ1v) is 14.3. The van der Waals surface area contributed by atoms with Crippen molar-refractivity contribution in [2.75, 3.05) is 36.9 Å². The second kappa shape index (κ2) is 14.0. The zero-order valence-corrected chi connectivity index (χ0v) is 24.4. The molecule has 2 heterocycles. The molecule has 13 heteroatoms. The van der Waals surface area contributed by atoms with Crippen LogP contribution in [0, 0.1) is 0 Å². The number of halogens is 3. The topological polar surface area (TPSA) is 103 Å². The van der Waals surface area contributed by atoms with Gasteiger partial charge in [0, 0.05) is 55.7 Å². The molecule has 0 aliphatic carbocycles. The molecule has 0 saturated heterocycles. The predicted molar refractivity (Wildman–Crippen MR) is 154 cm³/mol. The molecule has 0 saturated carbocycles. The summed E-state index contributed by atoms with van der Waals surface area (Å²) < 4.78 is 39.1. The van der Waals surface area contributed by atoms with Crippen molar-refractivity contribution in [3.05, 3.63) is 70.6 Å². The molecule has 216 valence electrons. The predicted octanol–water partition coefficient (Wildman–Crippen LogP) is 5.73. The van der Waals surface area contributed by atoms with E-state index in [-0.39, 0.29) is 0 Å². The minimum absolute atomic E-state index is 0.329. The minimum atomic E-state index is -4.43. The van der Waals surface area contributed by atoms with Crippen LogP contribution in [0.5, 0.6) is 0 Å². The molecule has 0 bridgehead atoms. The quantitative estimate of drug-likeness (QED) is 0.202. The third kappa shape index (κ3) is 9.20. The number of nitrogens with zero attached hydrogens (tertiary/aromatic N) is 4. The lowest BCUT2D eigenvalue weighted by molar-refractivity contribution is -0.139. The van der Waals surface area contributed by atoms with Crippen molar-refractivity contribution in [3.8, 4) is 0 Å². The van der Waals surface area contributed by atoms with Crippen LogP contribution in [0.3, 0.4) is 0 Å². The molecule has 0 atom stereocenters. The fourth-order valence-corrected chi connectivity index (χ4v) is 5.73. The first-order valence-electron chi connectivity index (χ1n) is 12.6. The Balaban J connectivity index is 1.79. The number of hydrogen-bond acceptors (Lipinski definition) is 9. The molecule has 40 heavy (non-hydrogen) atoms. The van der Waals surface area contributed by atoms with Crippen molar-refractivity contribution in [1.82, 2.24) is 20.3 Å². The van der Waals surface area contributed by atoms with Gasteiger partial charge in [-0.3, -0.25) is 4.79 Å². The number of alkyl halides is 3. The zero-order valence-electron chi connectivity index (χ0n) is 22.7. The molecular weight excluding hydrogens is 561 g/mol. The number of nitrogens with one attached hydrogen (secondary N) is 2. The van der Waals surface area contributed by atoms with Crippen molar-refractivity contribution >= 4 is 40.7 Å². The maximum Gasteiger partial charge on any atom is 0.416 e. The Morgan fingerprint density at radius 2 is 1.95 bits per heavy atom. The Morgan fingerprint density at radius 3 is 2.58 bits per heavy atom. The van der Waals surface area contributed by atoms with Crippen molar-refractivity contribution in [3.63, 3.8) is 0 Å². The van der Waals surface area contributed by atoms with Crippen molar-refractivity contribution in [2.45, 2.75) is 48.9 Å². The number of benzene rings is 1. The summed E-state index contributed by atoms with van der Waals surface area (Å²) in [5.41, 5.74) is 2.31. The molecule has 3 aromatic rings. The molecule has 0 fully saturated rings. The molecule has 1 aromatic carbocycles. The van der Waals surface area contributed by atoms with Crippen LogP contribution in [0.15, 0.2) is 58.2 Å². The number of aliphatic carboxylic acids is 1. The number of aryl methyl sites for hydroxylation is 1. The summed E-state index contributed by atoms with van der Waals surface area (Å²) in [4.78, 5) is 27.2. The molecule has 0 spiro atoms. The molecule has 2 aromatic heterocycles. The van der Waals surface area contributed by atoms with Gasteiger partial charge in [-0.15, -0.1) is 11.3 Å². The molecule has 8 nitrogen and oxygen atoms in total. The van der Waals surface area contributed by atoms with Gasteiger partial charge >= 0.3 is 12.1 Å². The summed E-state index contributed by atoms with van der Waals surface area (Å²) in [6, 6.07) is 5.05. The SMILES string of the molecule is CCc1cnc(N(CCc2csc(SC(C)(C)C(=O)O)n2)C/C(=C/Nc2cccc(C(F)(F)F)c2)CNC)nc1. The van der Waals surface area contributed by atoms with Gasteiger partial charge in [0.1, 0.15) is 4.75 Å². The van der Waals surface area contributed by atoms with Crippen molar-refractivity contribution in [2.24, 2.45) is 0 Å². The number of thiazole rings is 1. The smallest absolute Gasteiger partial charge is 0.416 e. The van der Waals surface area contributed by atoms with E-state index in [1.54, 1.807) is 45.6 Å². The van der Waals surface area contributed by atoms with Gasteiger partial charge in [-0.25, -0.2) is 15.0 Å². The van der Waals surface area contributed by atoms with E-state index >= 15 is 0 Å². The molecule has 0 amide bonds. The molecule has 0 aliphatic rings. The van der Waals surface area contributed by atoms with E-state index in [0.717, 1.165) is 35.4 Å². The van der Waals surface area contributed by atoms with E-state index in [1.807, 2.05) is 17.2 Å². The third-order valence-electron chi connectivity index (χ3n) is 5.84. The largest absolute Gasteiger partial charge is 0.480 e. The van der Waals surface area contributed by atoms with Gasteiger partial charge in [-0.2, -0.15) is 13.2 Å². The van der Waals surface area contributed by atoms with Crippen LogP contribution in [0.4, 0.5) is 24.8 Å². The van der Waals surface area contributed by atoms with Gasteiger partial charge in [-0.1, -0.05) is 24.8 Å². The Bertz CT molecular complexity index is 1300. The number of anilines is 2. The van der Waals surface area contributed by atoms with Crippen LogP contribution < -0.4 is 15.5 Å². The monoisotopic (exact) mass is 594 g/mol. The van der Waals surface area contributed by atoms with Gasteiger partial charge in [0.15, 0.2) is 4.34 Å². The van der Waals surface area contributed by atoms with Crippen LogP contribution in [-0.2, 0) is 23.8 Å². The number of carboxylic acids is 1. The highest BCUT2D eigenvalue weighted by Crippen LogP contribution is 2.35. The number of hydrogen-bond donors (Lipinski definition) is 3. The fourth-order valence-electron chi connectivity index (χ4n) is 3.50. The van der Waals surface area contributed by atoms with E-state index < -0.39 is 22.5 Å². The van der Waals surface area contributed by atoms with E-state index in [2.05, 4.69) is 25.6 Å². The Hall–Kier alpha value is -3.16. The zero-order chi connectivity index (χ0) is 29.3. The van der Waals surface area contributed by atoms with Gasteiger partial charge in [-0.05, 0) is 56.7 Å². The summed E-state index contributed by atoms with van der Waals surface area (Å²) in [7, 11) is 1.79. The lowest BCUT2D eigenvalue weighted by atomic mass is 10.2. The number of thioether (sulfide) groups is 1. The van der Waals surface area contributed by atoms with Gasteiger partial charge in [0.05, 0.1) is 11.3 Å². The highest BCUT2D eigenvalue weighted by atomic mass is 32.2. The summed E-state index contributed by atoms with van der Waals surface area (Å²) in [6.45, 7) is 6.72. The highest BCUT2D eigenvalue weighted by molar-refractivity contribution is 8.03. The van der Waals surface area contributed by atoms with Crippen molar-refractivity contribution in [1.29, 1.82) is 0 Å². The number of carbonyl (C=O) groups is 1. The molecule has 0 radical (unpaired) electrons. The first kappa shape index (κ1) is 31.4. The lowest BCUT2D eigenvalue weighted by Gasteiger charge is -2.24. The molecular formula is C27H33F3N6O2S2. The average molecular weight is 595 g/mol. The fraction of sp³-hybridized carbons (Fsp3) is 0.407. The highest BCUT2D eigenvalue weighted by Gasteiger charge is 2.31. The lowest BCUT2D eigenvalue weighted by Crippen LogP contribution is -2.32. The first-order chi connectivity index (χ1) is 18.9. The number of rotatable bonds is 14. The van der Waals surface area contributed by atoms with Crippen LogP contribution in [0.2, 0.25) is 0 Å². The summed E-state index contributed by atoms with van der Waals surface area (Å²) >= 11 is 2.61. The number of aromatic nitrogens is 3. The Morgan fingerprint density at radius 1 is 1.23 bits per heavy atom. The standard InChI is InChI=1S/C27H33F3N6O2S2/c1-5-18-13-33-24(34-14-18)36(10-9-22-17-39-25(35-22)40-26(2,3)23(37)38)16-19(12-31-4)15-32-21-8-6-7-20(11-21)27(28,29)30/h6-8,11,13-15,17,31-32H,5,9-10,12,16H2,1-4H3,(H,37,38)/b19-15+. The number of carboxylic acid groups (broad SMARTS) is 1. The molecule has 3 rings (SSSR count). The van der Waals surface area contributed by atoms with E-state index in [4.69, 9.17) is 0 Å². The van der Waals surface area contributed by atoms with E-state index in [9.17, 15) is 23.1 Å². The van der Waals surface area contributed by atoms with Crippen LogP contribution in [0.25, 0.3) is 0 Å². The van der Waals surface area contributed by atoms with E-state index in [0.29, 0.717) is 42.0 Å². The number of likely N-dealkylation sites (N-methyl/N-ethyl adjacent to an activating group) is 1. The van der Waals surface area contributed by atoms with Gasteiger partial charge in [0.2, 0.25) is 5.95 Å². The van der Waals surface area contributed by atoms with Crippen LogP contribution >= 0.6 is 23.1 Å². The van der Waals surface area contributed by atoms with Gasteiger partial charge < -0.3 is 20.6 Å². The van der Waals surface area contributed by atoms with Crippen molar-refractivity contribution < 1.29 is 23.1 Å². The molecule has 0 aliphatic heterocycles. The summed E-state index contributed by atoms with van der Waals surface area (Å²) in [5, 5.41) is 17.4. The summed E-state index contributed by atoms with van der Waals surface area (Å²) in [5.74, 6) is -0.384. The third-order valence-corrected chi connectivity index (χ3v) is 8.01. The van der Waals surface area contributed by atoms with Gasteiger partial charge in [0.25, 0.3) is 0 Å². The maximum atomic E-state index is 13.1. The Labute approximate surface area is 240 Å². The van der Waals surface area contributed by atoms with Crippen LogP contribution in [-0.4, -0.2) is 57.5 Å². The normalized spacial score (nSPS) is 12.4. The van der Waals surface area contributed by atoms with Crippen LogP contribution in [0.1, 0.15) is 37.6 Å². The minimum Gasteiger partial charge on any atom is -0.480 e. The second-order valence-corrected chi connectivity index (χ2v) is 12.2. The average Bonchev–Trinajstić information content (AvgIpc) is 3.35. The summed E-state index contributed by atoms with van der Waals surface area (Å²) in [6.07, 6.45) is 2.21. The molecule has 0 unspecified atom stereocenters. The second-order valence-electron chi connectivity index (χ2n) is 9.49. The molecule has 3 N–H and O–H groups in total.